The summed E-state index contributed by atoms with van der Waals surface area (Å²) in [5.41, 5.74) is 2.36. The van der Waals surface area contributed by atoms with E-state index >= 15 is 0 Å². The minimum Gasteiger partial charge on any atom is -0.491 e. The van der Waals surface area contributed by atoms with E-state index in [0.717, 1.165) is 36.9 Å². The lowest BCUT2D eigenvalue weighted by Gasteiger charge is -2.08. The second-order valence-electron chi connectivity index (χ2n) is 5.70. The first-order chi connectivity index (χ1) is 11.2. The number of nitrogens with zero attached hydrogens (tertiary/aromatic N) is 2. The molecule has 1 heterocycles. The predicted molar refractivity (Wildman–Crippen MR) is 91.1 cm³/mol. The number of benzene rings is 1. The Labute approximate surface area is 137 Å². The fourth-order valence-electron chi connectivity index (χ4n) is 2.38. The molecule has 0 N–H and O–H groups in total. The highest BCUT2D eigenvalue weighted by atomic mass is 19.1. The normalized spacial score (nSPS) is 10.7. The third kappa shape index (κ3) is 5.31. The molecule has 3 nitrogen and oxygen atoms in total. The number of aromatic nitrogens is 2. The van der Waals surface area contributed by atoms with Crippen LogP contribution in [0.1, 0.15) is 51.6 Å². The lowest BCUT2D eigenvalue weighted by molar-refractivity contribution is 0.290. The smallest absolute Gasteiger partial charge is 0.165 e. The van der Waals surface area contributed by atoms with Gasteiger partial charge in [0.1, 0.15) is 0 Å². The van der Waals surface area contributed by atoms with Gasteiger partial charge in [-0.25, -0.2) is 4.39 Å². The highest BCUT2D eigenvalue weighted by Gasteiger charge is 2.08. The van der Waals surface area contributed by atoms with Crippen LogP contribution in [-0.2, 0) is 6.42 Å². The molecular weight excluding hydrogens is 291 g/mol. The van der Waals surface area contributed by atoms with Gasteiger partial charge in [0.2, 0.25) is 0 Å². The fourth-order valence-corrected chi connectivity index (χ4v) is 2.38. The van der Waals surface area contributed by atoms with Crippen molar-refractivity contribution in [2.24, 2.45) is 0 Å². The van der Waals surface area contributed by atoms with E-state index in [2.05, 4.69) is 23.8 Å². The molecule has 2 aromatic rings. The Bertz CT molecular complexity index is 599. The molecule has 0 saturated heterocycles. The van der Waals surface area contributed by atoms with Gasteiger partial charge < -0.3 is 4.74 Å². The zero-order valence-corrected chi connectivity index (χ0v) is 14.0. The maximum Gasteiger partial charge on any atom is 0.165 e. The van der Waals surface area contributed by atoms with Crippen LogP contribution in [0.25, 0.3) is 11.3 Å². The van der Waals surface area contributed by atoms with Crippen LogP contribution in [-0.4, -0.2) is 16.6 Å². The summed E-state index contributed by atoms with van der Waals surface area (Å²) in [6.45, 7) is 4.82. The number of unbranched alkanes of at least 4 members (excludes halogenated alkanes) is 3. The van der Waals surface area contributed by atoms with Crippen LogP contribution in [0.4, 0.5) is 4.39 Å². The Kier molecular flexibility index (Phi) is 6.98. The van der Waals surface area contributed by atoms with Crippen molar-refractivity contribution in [2.75, 3.05) is 6.61 Å². The van der Waals surface area contributed by atoms with E-state index in [-0.39, 0.29) is 5.82 Å². The molecule has 0 aliphatic heterocycles. The highest BCUT2D eigenvalue weighted by molar-refractivity contribution is 5.59. The first-order valence-corrected chi connectivity index (χ1v) is 8.48. The van der Waals surface area contributed by atoms with Gasteiger partial charge in [-0.05, 0) is 31.0 Å². The molecule has 23 heavy (non-hydrogen) atoms. The molecule has 0 unspecified atom stereocenters. The van der Waals surface area contributed by atoms with E-state index in [9.17, 15) is 4.39 Å². The summed E-state index contributed by atoms with van der Waals surface area (Å²) in [6, 6.07) is 4.96. The Balaban J connectivity index is 1.98. The number of aryl methyl sites for hydroxylation is 1. The van der Waals surface area contributed by atoms with Gasteiger partial charge in [-0.15, -0.1) is 0 Å². The van der Waals surface area contributed by atoms with Gasteiger partial charge >= 0.3 is 0 Å². The molecule has 0 bridgehead atoms. The van der Waals surface area contributed by atoms with Gasteiger partial charge in [0, 0.05) is 11.8 Å². The van der Waals surface area contributed by atoms with Gasteiger partial charge in [-0.1, -0.05) is 39.5 Å². The summed E-state index contributed by atoms with van der Waals surface area (Å²) in [5.74, 6) is -0.0433. The highest BCUT2D eigenvalue weighted by Crippen LogP contribution is 2.24. The molecule has 0 atom stereocenters. The average molecular weight is 316 g/mol. The number of rotatable bonds is 9. The molecule has 4 heteroatoms. The largest absolute Gasteiger partial charge is 0.491 e. The maximum absolute atomic E-state index is 14.1. The lowest BCUT2D eigenvalue weighted by Crippen LogP contribution is -1.99. The van der Waals surface area contributed by atoms with Crippen molar-refractivity contribution >= 4 is 0 Å². The topological polar surface area (TPSA) is 35.0 Å². The van der Waals surface area contributed by atoms with Crippen LogP contribution in [0.5, 0.6) is 5.75 Å². The molecule has 0 fully saturated rings. The maximum atomic E-state index is 14.1. The van der Waals surface area contributed by atoms with E-state index in [4.69, 9.17) is 4.74 Å². The molecule has 0 aliphatic carbocycles. The lowest BCUT2D eigenvalue weighted by atomic mass is 10.1. The van der Waals surface area contributed by atoms with Crippen molar-refractivity contribution < 1.29 is 9.13 Å². The van der Waals surface area contributed by atoms with Crippen molar-refractivity contribution in [2.45, 2.75) is 52.4 Å². The zero-order chi connectivity index (χ0) is 16.5. The number of hydrogen-bond acceptors (Lipinski definition) is 3. The Morgan fingerprint density at radius 1 is 1.00 bits per heavy atom. The van der Waals surface area contributed by atoms with E-state index in [1.54, 1.807) is 18.5 Å². The van der Waals surface area contributed by atoms with Gasteiger partial charge in [-0.3, -0.25) is 9.97 Å². The molecule has 0 amide bonds. The quantitative estimate of drug-likeness (QED) is 0.597. The van der Waals surface area contributed by atoms with Gasteiger partial charge in [0.25, 0.3) is 0 Å². The van der Waals surface area contributed by atoms with Gasteiger partial charge in [0.15, 0.2) is 11.6 Å². The van der Waals surface area contributed by atoms with Gasteiger partial charge in [-0.2, -0.15) is 0 Å². The molecule has 2 rings (SSSR count). The van der Waals surface area contributed by atoms with E-state index in [1.807, 2.05) is 6.07 Å². The summed E-state index contributed by atoms with van der Waals surface area (Å²) < 4.78 is 19.7. The predicted octanol–water partition coefficient (Wildman–Crippen LogP) is 5.19. The number of hydrogen-bond donors (Lipinski definition) is 0. The van der Waals surface area contributed by atoms with E-state index in [1.165, 1.54) is 18.9 Å². The van der Waals surface area contributed by atoms with E-state index < -0.39 is 0 Å². The van der Waals surface area contributed by atoms with Crippen molar-refractivity contribution in [3.05, 3.63) is 42.1 Å². The van der Waals surface area contributed by atoms with Crippen LogP contribution in [0.2, 0.25) is 0 Å². The molecule has 124 valence electrons. The summed E-state index contributed by atoms with van der Waals surface area (Å²) >= 11 is 0. The van der Waals surface area contributed by atoms with Gasteiger partial charge in [0.05, 0.1) is 24.2 Å². The van der Waals surface area contributed by atoms with E-state index in [0.29, 0.717) is 18.1 Å². The number of halogens is 1. The van der Waals surface area contributed by atoms with Crippen LogP contribution >= 0.6 is 0 Å². The first kappa shape index (κ1) is 17.4. The minimum atomic E-state index is -0.350. The Morgan fingerprint density at radius 3 is 2.52 bits per heavy atom. The second-order valence-corrected chi connectivity index (χ2v) is 5.70. The molecule has 0 radical (unpaired) electrons. The standard InChI is InChI=1S/C19H25FN2O/c1-3-5-6-7-11-23-19-10-9-15(12-17(19)20)18-14-21-16(8-4-2)13-22-18/h9-10,12-14H,3-8,11H2,1-2H3. The summed E-state index contributed by atoms with van der Waals surface area (Å²) in [5, 5.41) is 0. The monoisotopic (exact) mass is 316 g/mol. The molecule has 1 aromatic carbocycles. The zero-order valence-electron chi connectivity index (χ0n) is 14.0. The summed E-state index contributed by atoms with van der Waals surface area (Å²) in [7, 11) is 0. The Hall–Kier alpha value is -1.97. The fraction of sp³-hybridized carbons (Fsp3) is 0.474. The molecule has 0 spiro atoms. The molecular formula is C19H25FN2O. The average Bonchev–Trinajstić information content (AvgIpc) is 2.57. The molecule has 0 saturated carbocycles. The van der Waals surface area contributed by atoms with Crippen LogP contribution < -0.4 is 4.74 Å². The molecule has 0 aliphatic rings. The van der Waals surface area contributed by atoms with Crippen molar-refractivity contribution in [3.8, 4) is 17.0 Å². The third-order valence-electron chi connectivity index (χ3n) is 3.69. The number of ether oxygens (including phenoxy) is 1. The first-order valence-electron chi connectivity index (χ1n) is 8.48. The Morgan fingerprint density at radius 2 is 1.87 bits per heavy atom. The van der Waals surface area contributed by atoms with Crippen LogP contribution in [0, 0.1) is 5.82 Å². The minimum absolute atomic E-state index is 0.306. The summed E-state index contributed by atoms with van der Waals surface area (Å²) in [4.78, 5) is 8.72. The van der Waals surface area contributed by atoms with Crippen molar-refractivity contribution in [3.63, 3.8) is 0 Å². The van der Waals surface area contributed by atoms with Crippen molar-refractivity contribution in [1.29, 1.82) is 0 Å². The van der Waals surface area contributed by atoms with Crippen LogP contribution in [0.3, 0.4) is 0 Å². The SMILES string of the molecule is CCCCCCOc1ccc(-c2cnc(CCC)cn2)cc1F. The van der Waals surface area contributed by atoms with Crippen LogP contribution in [0.15, 0.2) is 30.6 Å². The van der Waals surface area contributed by atoms with Crippen molar-refractivity contribution in [1.82, 2.24) is 9.97 Å². The molecule has 1 aromatic heterocycles. The third-order valence-corrected chi connectivity index (χ3v) is 3.69. The second kappa shape index (κ2) is 9.23. The summed E-state index contributed by atoms with van der Waals surface area (Å²) in [6.07, 6.45) is 9.85.